The quantitative estimate of drug-likeness (QED) is 0.748. The van der Waals surface area contributed by atoms with Crippen LogP contribution in [0.3, 0.4) is 0 Å². The van der Waals surface area contributed by atoms with Crippen molar-refractivity contribution in [1.82, 2.24) is 9.88 Å². The number of fused-ring (bicyclic) bond motifs is 1. The molecule has 2 amide bonds. The van der Waals surface area contributed by atoms with Crippen molar-refractivity contribution in [2.45, 2.75) is 26.3 Å². The zero-order chi connectivity index (χ0) is 17.4. The van der Waals surface area contributed by atoms with Crippen LogP contribution in [0.5, 0.6) is 0 Å². The van der Waals surface area contributed by atoms with Crippen molar-refractivity contribution < 1.29 is 9.59 Å². The van der Waals surface area contributed by atoms with Crippen molar-refractivity contribution in [3.8, 4) is 12.3 Å². The second-order valence-corrected chi connectivity index (χ2v) is 6.18. The van der Waals surface area contributed by atoms with Crippen LogP contribution in [0, 0.1) is 26.2 Å². The van der Waals surface area contributed by atoms with Gasteiger partial charge < -0.3 is 20.9 Å². The first-order chi connectivity index (χ1) is 11.4. The van der Waals surface area contributed by atoms with Crippen LogP contribution >= 0.6 is 0 Å². The van der Waals surface area contributed by atoms with Gasteiger partial charge in [-0.1, -0.05) is 0 Å². The Kier molecular flexibility index (Phi) is 3.94. The Morgan fingerprint density at radius 2 is 2.17 bits per heavy atom. The number of nitrogens with two attached hydrogens (primary N) is 1. The van der Waals surface area contributed by atoms with Gasteiger partial charge in [-0.25, -0.2) is 0 Å². The third-order valence-corrected chi connectivity index (χ3v) is 4.68. The number of hydrogen-bond donors (Lipinski definition) is 3. The van der Waals surface area contributed by atoms with Gasteiger partial charge in [0.15, 0.2) is 0 Å². The number of amides is 2. The number of primary amides is 1. The van der Waals surface area contributed by atoms with Crippen LogP contribution in [0.25, 0.3) is 10.9 Å². The molecule has 1 aliphatic rings. The first-order valence-electron chi connectivity index (χ1n) is 7.86. The van der Waals surface area contributed by atoms with Crippen LogP contribution < -0.4 is 11.1 Å². The Labute approximate surface area is 140 Å². The summed E-state index contributed by atoms with van der Waals surface area (Å²) in [4.78, 5) is 28.2. The van der Waals surface area contributed by atoms with Crippen molar-refractivity contribution in [1.29, 1.82) is 0 Å². The van der Waals surface area contributed by atoms with Gasteiger partial charge in [-0.05, 0) is 43.9 Å². The van der Waals surface area contributed by atoms with Gasteiger partial charge in [-0.2, -0.15) is 0 Å². The topological polar surface area (TPSA) is 91.2 Å². The maximum absolute atomic E-state index is 11.7. The van der Waals surface area contributed by atoms with Gasteiger partial charge in [-0.15, -0.1) is 6.42 Å². The molecule has 1 aromatic heterocycles. The fourth-order valence-corrected chi connectivity index (χ4v) is 3.29. The highest BCUT2D eigenvalue weighted by atomic mass is 16.2. The third-order valence-electron chi connectivity index (χ3n) is 4.68. The van der Waals surface area contributed by atoms with Crippen molar-refractivity contribution in [3.63, 3.8) is 0 Å². The van der Waals surface area contributed by atoms with E-state index in [0.717, 1.165) is 34.3 Å². The molecule has 2 heterocycles. The molecule has 0 spiro atoms. The summed E-state index contributed by atoms with van der Waals surface area (Å²) in [6.07, 6.45) is 6.01. The largest absolute Gasteiger partial charge is 0.380 e. The Hall–Kier alpha value is -2.94. The molecule has 24 heavy (non-hydrogen) atoms. The monoisotopic (exact) mass is 324 g/mol. The van der Waals surface area contributed by atoms with E-state index in [1.165, 1.54) is 0 Å². The molecule has 2 aromatic rings. The first kappa shape index (κ1) is 15.9. The third kappa shape index (κ3) is 2.58. The summed E-state index contributed by atoms with van der Waals surface area (Å²) in [6.45, 7) is 5.19. The number of anilines is 1. The second kappa shape index (κ2) is 5.93. The molecule has 124 valence electrons. The Morgan fingerprint density at radius 1 is 1.42 bits per heavy atom. The van der Waals surface area contributed by atoms with E-state index < -0.39 is 5.91 Å². The van der Waals surface area contributed by atoms with Crippen molar-refractivity contribution in [2.75, 3.05) is 18.4 Å². The number of aryl methyl sites for hydroxylation is 2. The molecule has 1 aromatic carbocycles. The average Bonchev–Trinajstić information content (AvgIpc) is 3.12. The van der Waals surface area contributed by atoms with E-state index in [1.54, 1.807) is 11.0 Å². The molecule has 1 saturated heterocycles. The number of likely N-dealkylation sites (tertiary alicyclic amines) is 1. The number of carbonyl (C=O) groups is 2. The molecule has 6 heteroatoms. The summed E-state index contributed by atoms with van der Waals surface area (Å²) in [7, 11) is 0. The first-order valence-corrected chi connectivity index (χ1v) is 7.86. The predicted octanol–water partition coefficient (Wildman–Crippen LogP) is 1.53. The number of nitrogens with one attached hydrogen (secondary N) is 2. The number of hydrogen-bond acceptors (Lipinski definition) is 3. The molecule has 0 bridgehead atoms. The maximum atomic E-state index is 11.7. The van der Waals surface area contributed by atoms with Gasteiger partial charge in [0.2, 0.25) is 0 Å². The molecule has 4 N–H and O–H groups in total. The standard InChI is InChI=1S/C18H20N4O2/c1-4-15(23)22-8-7-12(9-22)21-14-6-5-13(18(19)24)17-16(14)10(2)11(3)20-17/h1,5-6,12,20-21H,7-9H2,2-3H3,(H2,19,24)/t12-/m0/s1. The zero-order valence-corrected chi connectivity index (χ0v) is 13.8. The summed E-state index contributed by atoms with van der Waals surface area (Å²) < 4.78 is 0. The van der Waals surface area contributed by atoms with E-state index in [-0.39, 0.29) is 11.9 Å². The number of aromatic nitrogens is 1. The minimum atomic E-state index is -0.459. The number of nitrogens with zero attached hydrogens (tertiary/aromatic N) is 1. The lowest BCUT2D eigenvalue weighted by Crippen LogP contribution is -2.30. The van der Waals surface area contributed by atoms with Crippen LogP contribution in [0.15, 0.2) is 12.1 Å². The van der Waals surface area contributed by atoms with Gasteiger partial charge in [0.1, 0.15) is 0 Å². The lowest BCUT2D eigenvalue weighted by molar-refractivity contribution is -0.124. The predicted molar refractivity (Wildman–Crippen MR) is 93.7 cm³/mol. The molecule has 0 aliphatic carbocycles. The number of H-pyrrole nitrogens is 1. The van der Waals surface area contributed by atoms with Crippen LogP contribution in [0.4, 0.5) is 5.69 Å². The number of rotatable bonds is 3. The molecule has 1 fully saturated rings. The van der Waals surface area contributed by atoms with E-state index in [4.69, 9.17) is 12.2 Å². The van der Waals surface area contributed by atoms with E-state index in [0.29, 0.717) is 18.7 Å². The lowest BCUT2D eigenvalue weighted by Gasteiger charge is -2.17. The molecule has 0 unspecified atom stereocenters. The Morgan fingerprint density at radius 3 is 2.83 bits per heavy atom. The van der Waals surface area contributed by atoms with Crippen LogP contribution in [-0.2, 0) is 4.79 Å². The molecule has 0 saturated carbocycles. The van der Waals surface area contributed by atoms with E-state index in [2.05, 4.69) is 16.2 Å². The van der Waals surface area contributed by atoms with Crippen molar-refractivity contribution in [3.05, 3.63) is 29.0 Å². The van der Waals surface area contributed by atoms with Crippen molar-refractivity contribution >= 4 is 28.4 Å². The zero-order valence-electron chi connectivity index (χ0n) is 13.8. The molecule has 1 aliphatic heterocycles. The van der Waals surface area contributed by atoms with Gasteiger partial charge >= 0.3 is 0 Å². The minimum absolute atomic E-state index is 0.125. The Balaban J connectivity index is 1.94. The molecule has 6 nitrogen and oxygen atoms in total. The fourth-order valence-electron chi connectivity index (χ4n) is 3.29. The van der Waals surface area contributed by atoms with Gasteiger partial charge in [0.05, 0.1) is 11.1 Å². The molecular weight excluding hydrogens is 304 g/mol. The molecule has 3 rings (SSSR count). The number of carbonyl (C=O) groups excluding carboxylic acids is 2. The molecule has 1 atom stereocenters. The normalized spacial score (nSPS) is 17.0. The van der Waals surface area contributed by atoms with Crippen molar-refractivity contribution in [2.24, 2.45) is 5.73 Å². The summed E-state index contributed by atoms with van der Waals surface area (Å²) in [5.74, 6) is 1.42. The smallest absolute Gasteiger partial charge is 0.298 e. The fraction of sp³-hybridized carbons (Fsp3) is 0.333. The minimum Gasteiger partial charge on any atom is -0.380 e. The van der Waals surface area contributed by atoms with Crippen LogP contribution in [-0.4, -0.2) is 40.8 Å². The highest BCUT2D eigenvalue weighted by Gasteiger charge is 2.26. The van der Waals surface area contributed by atoms with E-state index >= 15 is 0 Å². The average molecular weight is 324 g/mol. The Bertz CT molecular complexity index is 875. The molecular formula is C18H20N4O2. The van der Waals surface area contributed by atoms with Gasteiger partial charge in [0.25, 0.3) is 11.8 Å². The SMILES string of the molecule is C#CC(=O)N1CC[C@H](Nc2ccc(C(N)=O)c3[nH]c(C)c(C)c23)C1. The van der Waals surface area contributed by atoms with E-state index in [9.17, 15) is 9.59 Å². The van der Waals surface area contributed by atoms with Crippen LogP contribution in [0.1, 0.15) is 28.0 Å². The summed E-state index contributed by atoms with van der Waals surface area (Å²) >= 11 is 0. The number of aromatic amines is 1. The maximum Gasteiger partial charge on any atom is 0.298 e. The lowest BCUT2D eigenvalue weighted by atomic mass is 10.0. The number of benzene rings is 1. The second-order valence-electron chi connectivity index (χ2n) is 6.18. The van der Waals surface area contributed by atoms with Gasteiger partial charge in [-0.3, -0.25) is 9.59 Å². The summed E-state index contributed by atoms with van der Waals surface area (Å²) in [5, 5.41) is 4.44. The van der Waals surface area contributed by atoms with E-state index in [1.807, 2.05) is 19.9 Å². The highest BCUT2D eigenvalue weighted by Crippen LogP contribution is 2.32. The van der Waals surface area contributed by atoms with Gasteiger partial charge in [0, 0.05) is 35.9 Å². The molecule has 0 radical (unpaired) electrons. The highest BCUT2D eigenvalue weighted by molar-refractivity contribution is 6.09. The summed E-state index contributed by atoms with van der Waals surface area (Å²) in [5.41, 5.74) is 9.70. The summed E-state index contributed by atoms with van der Waals surface area (Å²) in [6, 6.07) is 3.72. The van der Waals surface area contributed by atoms with Crippen LogP contribution in [0.2, 0.25) is 0 Å². The number of terminal acetylenes is 1.